The topological polar surface area (TPSA) is 114 Å². The third-order valence-electron chi connectivity index (χ3n) is 6.27. The molecule has 0 aliphatic rings. The smallest absolute Gasteiger partial charge is 0.267 e. The number of rotatable bonds is 8. The number of H-pyrrole nitrogens is 1. The highest BCUT2D eigenvalue weighted by Crippen LogP contribution is 2.30. The average Bonchev–Trinajstić information content (AvgIpc) is 3.29. The second-order valence-corrected chi connectivity index (χ2v) is 9.01. The molecule has 0 saturated carbocycles. The van der Waals surface area contributed by atoms with Crippen LogP contribution in [-0.4, -0.2) is 26.8 Å². The van der Waals surface area contributed by atoms with Gasteiger partial charge in [-0.1, -0.05) is 6.07 Å². The maximum absolute atomic E-state index is 14.0. The summed E-state index contributed by atoms with van der Waals surface area (Å²) in [7, 11) is 0. The maximum Gasteiger partial charge on any atom is 0.267 e. The van der Waals surface area contributed by atoms with E-state index in [1.54, 1.807) is 30.5 Å². The standard InChI is InChI=1S/C29H22F3N5O2/c30-19-3-4-24-23(14-19)18(15-36-24)12-27(38)37-25(10-16-8-20(31)13-21(32)9-16)28-22(2-1-6-35-28)17-5-7-34-26(11-17)29(33)39/h1-9,11,13-15,25,36H,10,12H2,(H2,33,39)(H,37,38). The van der Waals surface area contributed by atoms with Gasteiger partial charge >= 0.3 is 0 Å². The molecule has 196 valence electrons. The zero-order valence-electron chi connectivity index (χ0n) is 20.4. The minimum absolute atomic E-state index is 0.0146. The first-order chi connectivity index (χ1) is 18.8. The van der Waals surface area contributed by atoms with Crippen molar-refractivity contribution in [2.24, 2.45) is 5.73 Å². The zero-order chi connectivity index (χ0) is 27.5. The molecule has 1 atom stereocenters. The van der Waals surface area contributed by atoms with Crippen LogP contribution in [0.1, 0.15) is 33.4 Å². The third kappa shape index (κ3) is 5.80. The van der Waals surface area contributed by atoms with Crippen molar-refractivity contribution in [3.63, 3.8) is 0 Å². The summed E-state index contributed by atoms with van der Waals surface area (Å²) in [4.78, 5) is 36.5. The number of hydrogen-bond donors (Lipinski definition) is 3. The maximum atomic E-state index is 14.0. The van der Waals surface area contributed by atoms with E-state index < -0.39 is 35.3 Å². The zero-order valence-corrected chi connectivity index (χ0v) is 20.4. The summed E-state index contributed by atoms with van der Waals surface area (Å²) < 4.78 is 41.9. The van der Waals surface area contributed by atoms with Gasteiger partial charge in [-0.25, -0.2) is 13.2 Å². The van der Waals surface area contributed by atoms with E-state index in [0.717, 1.165) is 6.07 Å². The molecule has 0 radical (unpaired) electrons. The van der Waals surface area contributed by atoms with Crippen LogP contribution in [0, 0.1) is 17.5 Å². The molecule has 7 nitrogen and oxygen atoms in total. The van der Waals surface area contributed by atoms with Gasteiger partial charge in [0.15, 0.2) is 0 Å². The first-order valence-corrected chi connectivity index (χ1v) is 12.0. The highest BCUT2D eigenvalue weighted by atomic mass is 19.1. The van der Waals surface area contributed by atoms with Crippen LogP contribution in [0.4, 0.5) is 13.2 Å². The van der Waals surface area contributed by atoms with Crippen LogP contribution in [0.2, 0.25) is 0 Å². The summed E-state index contributed by atoms with van der Waals surface area (Å²) in [5.41, 5.74) is 8.55. The van der Waals surface area contributed by atoms with Crippen molar-refractivity contribution < 1.29 is 22.8 Å². The Balaban J connectivity index is 1.52. The number of pyridine rings is 2. The molecule has 2 amide bonds. The quantitative estimate of drug-likeness (QED) is 0.268. The number of nitrogens with zero attached hydrogens (tertiary/aromatic N) is 2. The average molecular weight is 530 g/mol. The first-order valence-electron chi connectivity index (χ1n) is 12.0. The fraction of sp³-hybridized carbons (Fsp3) is 0.103. The van der Waals surface area contributed by atoms with Crippen molar-refractivity contribution >= 4 is 22.7 Å². The van der Waals surface area contributed by atoms with Crippen LogP contribution in [0.15, 0.2) is 79.3 Å². The monoisotopic (exact) mass is 529 g/mol. The Morgan fingerprint density at radius 1 is 0.923 bits per heavy atom. The summed E-state index contributed by atoms with van der Waals surface area (Å²) in [5, 5.41) is 3.50. The van der Waals surface area contributed by atoms with E-state index >= 15 is 0 Å². The highest BCUT2D eigenvalue weighted by molar-refractivity contribution is 5.92. The number of carbonyl (C=O) groups excluding carboxylic acids is 2. The molecule has 4 N–H and O–H groups in total. The van der Waals surface area contributed by atoms with Crippen LogP contribution in [-0.2, 0) is 17.6 Å². The fourth-order valence-electron chi connectivity index (χ4n) is 4.57. The molecule has 3 heterocycles. The van der Waals surface area contributed by atoms with Crippen LogP contribution in [0.5, 0.6) is 0 Å². The molecule has 0 bridgehead atoms. The van der Waals surface area contributed by atoms with Gasteiger partial charge in [-0.3, -0.25) is 19.6 Å². The van der Waals surface area contributed by atoms with E-state index in [0.29, 0.717) is 38.9 Å². The van der Waals surface area contributed by atoms with Gasteiger partial charge in [0, 0.05) is 41.1 Å². The summed E-state index contributed by atoms with van der Waals surface area (Å²) in [6.07, 6.45) is 4.53. The van der Waals surface area contributed by atoms with Gasteiger partial charge in [-0.15, -0.1) is 0 Å². The number of primary amides is 1. The van der Waals surface area contributed by atoms with Gasteiger partial charge in [0.1, 0.15) is 23.1 Å². The number of nitrogens with one attached hydrogen (secondary N) is 2. The molecule has 0 spiro atoms. The molecular weight excluding hydrogens is 507 g/mol. The Morgan fingerprint density at radius 3 is 2.49 bits per heavy atom. The van der Waals surface area contributed by atoms with Gasteiger partial charge in [0.05, 0.1) is 18.2 Å². The number of amides is 2. The summed E-state index contributed by atoms with van der Waals surface area (Å²) >= 11 is 0. The second-order valence-electron chi connectivity index (χ2n) is 9.01. The lowest BCUT2D eigenvalue weighted by Crippen LogP contribution is -2.32. The Hall–Kier alpha value is -4.99. The Morgan fingerprint density at radius 2 is 1.72 bits per heavy atom. The van der Waals surface area contributed by atoms with Crippen molar-refractivity contribution in [3.8, 4) is 11.1 Å². The number of fused-ring (bicyclic) bond motifs is 1. The SMILES string of the molecule is NC(=O)c1cc(-c2cccnc2C(Cc2cc(F)cc(F)c2)NC(=O)Cc2c[nH]c3ccc(F)cc23)ccn1. The number of carbonyl (C=O) groups is 2. The molecular formula is C29H22F3N5O2. The largest absolute Gasteiger partial charge is 0.364 e. The molecule has 5 aromatic rings. The number of halogens is 3. The summed E-state index contributed by atoms with van der Waals surface area (Å²) in [6.45, 7) is 0. The fourth-order valence-corrected chi connectivity index (χ4v) is 4.57. The van der Waals surface area contributed by atoms with Crippen molar-refractivity contribution in [3.05, 3.63) is 119 Å². The number of aromatic nitrogens is 3. The molecule has 1 unspecified atom stereocenters. The van der Waals surface area contributed by atoms with Gasteiger partial charge in [0.25, 0.3) is 5.91 Å². The van der Waals surface area contributed by atoms with Crippen molar-refractivity contribution in [1.29, 1.82) is 0 Å². The lowest BCUT2D eigenvalue weighted by Gasteiger charge is -2.22. The van der Waals surface area contributed by atoms with E-state index in [4.69, 9.17) is 5.73 Å². The van der Waals surface area contributed by atoms with Crippen LogP contribution in [0.25, 0.3) is 22.0 Å². The van der Waals surface area contributed by atoms with Crippen LogP contribution < -0.4 is 11.1 Å². The number of benzene rings is 2. The van der Waals surface area contributed by atoms with E-state index in [9.17, 15) is 22.8 Å². The molecule has 10 heteroatoms. The first kappa shape index (κ1) is 25.7. The summed E-state index contributed by atoms with van der Waals surface area (Å²) in [5.74, 6) is -3.06. The van der Waals surface area contributed by atoms with E-state index in [1.807, 2.05) is 0 Å². The van der Waals surface area contributed by atoms with E-state index in [-0.39, 0.29) is 18.5 Å². The van der Waals surface area contributed by atoms with Gasteiger partial charge in [-0.05, 0) is 71.6 Å². The Bertz CT molecular complexity index is 1680. The highest BCUT2D eigenvalue weighted by Gasteiger charge is 2.23. The van der Waals surface area contributed by atoms with Gasteiger partial charge in [0.2, 0.25) is 5.91 Å². The molecule has 0 fully saturated rings. The molecule has 5 rings (SSSR count). The van der Waals surface area contributed by atoms with Gasteiger partial charge < -0.3 is 16.0 Å². The van der Waals surface area contributed by atoms with Crippen molar-refractivity contribution in [1.82, 2.24) is 20.3 Å². The minimum Gasteiger partial charge on any atom is -0.364 e. The van der Waals surface area contributed by atoms with E-state index in [1.165, 1.54) is 42.7 Å². The minimum atomic E-state index is -0.818. The third-order valence-corrected chi connectivity index (χ3v) is 6.27. The van der Waals surface area contributed by atoms with Crippen LogP contribution >= 0.6 is 0 Å². The van der Waals surface area contributed by atoms with Crippen molar-refractivity contribution in [2.75, 3.05) is 0 Å². The molecule has 3 aromatic heterocycles. The van der Waals surface area contributed by atoms with Crippen LogP contribution in [0.3, 0.4) is 0 Å². The second kappa shape index (κ2) is 10.8. The lowest BCUT2D eigenvalue weighted by molar-refractivity contribution is -0.121. The number of aromatic amines is 1. The predicted octanol–water partition coefficient (Wildman–Crippen LogP) is 4.78. The normalized spacial score (nSPS) is 11.9. The molecule has 2 aromatic carbocycles. The number of hydrogen-bond acceptors (Lipinski definition) is 4. The van der Waals surface area contributed by atoms with E-state index in [2.05, 4.69) is 20.3 Å². The number of nitrogens with two attached hydrogens (primary N) is 1. The lowest BCUT2D eigenvalue weighted by atomic mass is 9.95. The Kier molecular flexibility index (Phi) is 7.09. The Labute approximate surface area is 220 Å². The summed E-state index contributed by atoms with van der Waals surface area (Å²) in [6, 6.07) is 13.2. The predicted molar refractivity (Wildman–Crippen MR) is 139 cm³/mol. The molecule has 0 saturated heterocycles. The molecule has 0 aliphatic heterocycles. The molecule has 39 heavy (non-hydrogen) atoms. The van der Waals surface area contributed by atoms with Gasteiger partial charge in [-0.2, -0.15) is 0 Å². The molecule has 0 aliphatic carbocycles. The van der Waals surface area contributed by atoms with Crippen molar-refractivity contribution in [2.45, 2.75) is 18.9 Å².